The fraction of sp³-hybridized carbons (Fsp3) is 0.333. The summed E-state index contributed by atoms with van der Waals surface area (Å²) in [6.45, 7) is 6.78. The third-order valence-corrected chi connectivity index (χ3v) is 8.63. The molecule has 2 amide bonds. The Kier molecular flexibility index (Phi) is 10.6. The molecule has 0 radical (unpaired) electrons. The van der Waals surface area contributed by atoms with E-state index in [-0.39, 0.29) is 29.1 Å². The van der Waals surface area contributed by atoms with Crippen LogP contribution in [0, 0.1) is 6.92 Å². The van der Waals surface area contributed by atoms with Crippen LogP contribution in [0.25, 0.3) is 0 Å². The second kappa shape index (κ2) is 13.7. The molecule has 0 fully saturated rings. The number of sulfonamides is 1. The van der Waals surface area contributed by atoms with Crippen LogP contribution in [0.3, 0.4) is 0 Å². The highest BCUT2D eigenvalue weighted by Crippen LogP contribution is 2.31. The van der Waals surface area contributed by atoms with Gasteiger partial charge in [0.2, 0.25) is 11.8 Å². The molecule has 10 heteroatoms. The van der Waals surface area contributed by atoms with Crippen molar-refractivity contribution in [3.8, 4) is 5.75 Å². The van der Waals surface area contributed by atoms with Crippen molar-refractivity contribution in [1.29, 1.82) is 0 Å². The number of ether oxygens (including phenoxy) is 1. The van der Waals surface area contributed by atoms with Crippen LogP contribution in [0.4, 0.5) is 5.69 Å². The molecule has 0 aliphatic heterocycles. The van der Waals surface area contributed by atoms with Gasteiger partial charge in [-0.15, -0.1) is 0 Å². The summed E-state index contributed by atoms with van der Waals surface area (Å²) in [7, 11) is -2.60. The molecule has 3 aromatic rings. The highest BCUT2D eigenvalue weighted by atomic mass is 35.5. The van der Waals surface area contributed by atoms with Gasteiger partial charge < -0.3 is 15.0 Å². The molecule has 1 atom stereocenters. The Labute approximate surface area is 241 Å². The van der Waals surface area contributed by atoms with Crippen LogP contribution in [-0.2, 0) is 26.2 Å². The Morgan fingerprint density at radius 3 is 2.20 bits per heavy atom. The fourth-order valence-corrected chi connectivity index (χ4v) is 5.99. The number of carbonyl (C=O) groups excluding carboxylic acids is 2. The van der Waals surface area contributed by atoms with E-state index in [1.807, 2.05) is 32.9 Å². The summed E-state index contributed by atoms with van der Waals surface area (Å²) in [5.74, 6) is -0.181. The lowest BCUT2D eigenvalue weighted by molar-refractivity contribution is -0.140. The Hall–Kier alpha value is -3.56. The molecule has 0 saturated carbocycles. The first-order valence-electron chi connectivity index (χ1n) is 13.0. The van der Waals surface area contributed by atoms with E-state index in [1.54, 1.807) is 62.6 Å². The molecule has 3 aromatic carbocycles. The second-order valence-corrected chi connectivity index (χ2v) is 11.9. The summed E-state index contributed by atoms with van der Waals surface area (Å²) >= 11 is 6.37. The number of methoxy groups -OCH3 is 1. The number of nitrogens with one attached hydrogen (secondary N) is 1. The molecule has 0 bridgehead atoms. The summed E-state index contributed by atoms with van der Waals surface area (Å²) in [5, 5.41) is 3.26. The number of anilines is 1. The third-order valence-electron chi connectivity index (χ3n) is 6.45. The maximum atomic E-state index is 14.1. The standard InChI is InChI=1S/C30H36ClN3O5S/c1-6-27(30(36)32-21(2)3)33(19-23-15-17-24(39-5)18-16-23)29(35)20-34(28-14-10-13-26(31)22(28)4)40(37,38)25-11-8-7-9-12-25/h7-18,21,27H,6,19-20H2,1-5H3,(H,32,36). The topological polar surface area (TPSA) is 96.0 Å². The van der Waals surface area contributed by atoms with Gasteiger partial charge in [0, 0.05) is 17.6 Å². The van der Waals surface area contributed by atoms with Crippen molar-refractivity contribution in [3.05, 3.63) is 88.9 Å². The van der Waals surface area contributed by atoms with Crippen molar-refractivity contribution >= 4 is 39.1 Å². The minimum absolute atomic E-state index is 0.0356. The maximum absolute atomic E-state index is 14.1. The minimum Gasteiger partial charge on any atom is -0.497 e. The van der Waals surface area contributed by atoms with Gasteiger partial charge in [-0.3, -0.25) is 13.9 Å². The number of hydrogen-bond acceptors (Lipinski definition) is 5. The van der Waals surface area contributed by atoms with E-state index in [2.05, 4.69) is 5.32 Å². The van der Waals surface area contributed by atoms with E-state index < -0.39 is 28.5 Å². The number of rotatable bonds is 12. The fourth-order valence-electron chi connectivity index (χ4n) is 4.33. The monoisotopic (exact) mass is 585 g/mol. The van der Waals surface area contributed by atoms with Gasteiger partial charge in [0.15, 0.2) is 0 Å². The van der Waals surface area contributed by atoms with E-state index >= 15 is 0 Å². The SMILES string of the molecule is CCC(C(=O)NC(C)C)N(Cc1ccc(OC)cc1)C(=O)CN(c1cccc(Cl)c1C)S(=O)(=O)c1ccccc1. The van der Waals surface area contributed by atoms with Gasteiger partial charge in [-0.05, 0) is 74.7 Å². The highest BCUT2D eigenvalue weighted by Gasteiger charge is 2.34. The number of benzene rings is 3. The van der Waals surface area contributed by atoms with Crippen LogP contribution in [0.1, 0.15) is 38.3 Å². The predicted molar refractivity (Wildman–Crippen MR) is 158 cm³/mol. The van der Waals surface area contributed by atoms with E-state index in [0.717, 1.165) is 9.87 Å². The lowest BCUT2D eigenvalue weighted by Crippen LogP contribution is -2.53. The largest absolute Gasteiger partial charge is 0.497 e. The van der Waals surface area contributed by atoms with Crippen LogP contribution in [-0.4, -0.2) is 50.9 Å². The minimum atomic E-state index is -4.17. The summed E-state index contributed by atoms with van der Waals surface area (Å²) in [6, 6.07) is 19.1. The molecule has 40 heavy (non-hydrogen) atoms. The molecular weight excluding hydrogens is 550 g/mol. The normalized spacial score (nSPS) is 12.1. The summed E-state index contributed by atoms with van der Waals surface area (Å²) < 4.78 is 34.2. The van der Waals surface area contributed by atoms with Crippen LogP contribution in [0.5, 0.6) is 5.75 Å². The van der Waals surface area contributed by atoms with Crippen molar-refractivity contribution in [3.63, 3.8) is 0 Å². The van der Waals surface area contributed by atoms with Crippen molar-refractivity contribution in [2.45, 2.75) is 57.6 Å². The van der Waals surface area contributed by atoms with Crippen molar-refractivity contribution in [2.24, 2.45) is 0 Å². The number of nitrogens with zero attached hydrogens (tertiary/aromatic N) is 2. The number of halogens is 1. The lowest BCUT2D eigenvalue weighted by Gasteiger charge is -2.34. The first-order valence-corrected chi connectivity index (χ1v) is 14.9. The first-order chi connectivity index (χ1) is 19.0. The second-order valence-electron chi connectivity index (χ2n) is 9.67. The van der Waals surface area contributed by atoms with Gasteiger partial charge in [0.05, 0.1) is 17.7 Å². The lowest BCUT2D eigenvalue weighted by atomic mass is 10.1. The molecule has 0 aromatic heterocycles. The molecule has 0 aliphatic rings. The van der Waals surface area contributed by atoms with E-state index in [4.69, 9.17) is 16.3 Å². The molecule has 1 N–H and O–H groups in total. The average Bonchev–Trinajstić information content (AvgIpc) is 2.93. The van der Waals surface area contributed by atoms with Crippen LogP contribution in [0.2, 0.25) is 5.02 Å². The van der Waals surface area contributed by atoms with Gasteiger partial charge in [-0.2, -0.15) is 0 Å². The van der Waals surface area contributed by atoms with Crippen LogP contribution < -0.4 is 14.4 Å². The van der Waals surface area contributed by atoms with E-state index in [1.165, 1.54) is 17.0 Å². The van der Waals surface area contributed by atoms with Gasteiger partial charge in [-0.25, -0.2) is 8.42 Å². The van der Waals surface area contributed by atoms with Crippen LogP contribution in [0.15, 0.2) is 77.7 Å². The quantitative estimate of drug-likeness (QED) is 0.316. The van der Waals surface area contributed by atoms with Gasteiger partial charge in [0.25, 0.3) is 10.0 Å². The zero-order valence-electron chi connectivity index (χ0n) is 23.4. The van der Waals surface area contributed by atoms with Crippen molar-refractivity contribution in [2.75, 3.05) is 18.0 Å². The van der Waals surface area contributed by atoms with E-state index in [9.17, 15) is 18.0 Å². The summed E-state index contributed by atoms with van der Waals surface area (Å²) in [5.41, 5.74) is 1.57. The van der Waals surface area contributed by atoms with Gasteiger partial charge >= 0.3 is 0 Å². The molecule has 214 valence electrons. The molecule has 0 saturated heterocycles. The van der Waals surface area contributed by atoms with Crippen molar-refractivity contribution in [1.82, 2.24) is 10.2 Å². The summed E-state index contributed by atoms with van der Waals surface area (Å²) in [6.07, 6.45) is 0.335. The Morgan fingerprint density at radius 1 is 0.975 bits per heavy atom. The van der Waals surface area contributed by atoms with Gasteiger partial charge in [0.1, 0.15) is 18.3 Å². The first kappa shape index (κ1) is 31.0. The Bertz CT molecular complexity index is 1410. The summed E-state index contributed by atoms with van der Waals surface area (Å²) in [4.78, 5) is 28.8. The number of carbonyl (C=O) groups is 2. The zero-order chi connectivity index (χ0) is 29.4. The third kappa shape index (κ3) is 7.34. The molecule has 1 unspecified atom stereocenters. The smallest absolute Gasteiger partial charge is 0.264 e. The highest BCUT2D eigenvalue weighted by molar-refractivity contribution is 7.92. The molecule has 0 heterocycles. The number of amides is 2. The number of hydrogen-bond donors (Lipinski definition) is 1. The molecule has 8 nitrogen and oxygen atoms in total. The Morgan fingerprint density at radius 2 is 1.62 bits per heavy atom. The van der Waals surface area contributed by atoms with Crippen LogP contribution >= 0.6 is 11.6 Å². The van der Waals surface area contributed by atoms with Gasteiger partial charge in [-0.1, -0.05) is 54.9 Å². The molecule has 0 spiro atoms. The molecule has 0 aliphatic carbocycles. The predicted octanol–water partition coefficient (Wildman–Crippen LogP) is 5.18. The molecular formula is C30H36ClN3O5S. The Balaban J connectivity index is 2.09. The maximum Gasteiger partial charge on any atom is 0.264 e. The zero-order valence-corrected chi connectivity index (χ0v) is 25.0. The average molecular weight is 586 g/mol. The van der Waals surface area contributed by atoms with E-state index in [0.29, 0.717) is 22.8 Å². The van der Waals surface area contributed by atoms with Crippen molar-refractivity contribution < 1.29 is 22.7 Å². The molecule has 3 rings (SSSR count).